The first-order chi connectivity index (χ1) is 8.69. The van der Waals surface area contributed by atoms with Crippen molar-refractivity contribution < 1.29 is 4.74 Å². The van der Waals surface area contributed by atoms with E-state index in [4.69, 9.17) is 4.74 Å². The first-order valence-corrected chi connectivity index (χ1v) is 5.87. The zero-order valence-corrected chi connectivity index (χ0v) is 9.97. The monoisotopic (exact) mass is 247 g/mol. The molecule has 1 aliphatic rings. The molecular weight excluding hydrogens is 234 g/mol. The summed E-state index contributed by atoms with van der Waals surface area (Å²) in [5.74, 6) is 0.921. The highest BCUT2D eigenvalue weighted by Crippen LogP contribution is 2.30. The van der Waals surface area contributed by atoms with E-state index in [0.717, 1.165) is 12.8 Å². The maximum Gasteiger partial charge on any atom is 0.316 e. The molecule has 3 rings (SSSR count). The molecule has 6 nitrogen and oxygen atoms in total. The molecule has 0 unspecified atom stereocenters. The number of rotatable bonds is 3. The molecule has 0 bridgehead atoms. The van der Waals surface area contributed by atoms with E-state index in [-0.39, 0.29) is 0 Å². The molecule has 0 atom stereocenters. The van der Waals surface area contributed by atoms with Crippen LogP contribution in [0.3, 0.4) is 0 Å². The van der Waals surface area contributed by atoms with Crippen molar-refractivity contribution in [2.45, 2.75) is 19.4 Å². The zero-order valence-electron chi connectivity index (χ0n) is 9.97. The van der Waals surface area contributed by atoms with Gasteiger partial charge in [0.15, 0.2) is 5.65 Å². The molecular formula is C12H13N3O3. The van der Waals surface area contributed by atoms with Gasteiger partial charge in [0.05, 0.1) is 12.6 Å². The first-order valence-electron chi connectivity index (χ1n) is 5.87. The fourth-order valence-electron chi connectivity index (χ4n) is 1.99. The molecule has 0 saturated heterocycles. The van der Waals surface area contributed by atoms with Crippen LogP contribution in [0.4, 0.5) is 0 Å². The Morgan fingerprint density at radius 1 is 1.44 bits per heavy atom. The number of hydrogen-bond acceptors (Lipinski definition) is 4. The molecule has 2 aromatic heterocycles. The summed E-state index contributed by atoms with van der Waals surface area (Å²) < 4.78 is 6.52. The predicted octanol–water partition coefficient (Wildman–Crippen LogP) is 0.503. The Morgan fingerprint density at radius 2 is 2.22 bits per heavy atom. The van der Waals surface area contributed by atoms with E-state index in [9.17, 15) is 9.59 Å². The van der Waals surface area contributed by atoms with Crippen molar-refractivity contribution in [2.75, 3.05) is 7.11 Å². The summed E-state index contributed by atoms with van der Waals surface area (Å²) in [4.78, 5) is 30.1. The highest BCUT2D eigenvalue weighted by molar-refractivity contribution is 5.70. The fourth-order valence-corrected chi connectivity index (χ4v) is 1.99. The summed E-state index contributed by atoms with van der Waals surface area (Å²) in [7, 11) is 1.51. The number of fused-ring (bicyclic) bond motifs is 1. The van der Waals surface area contributed by atoms with Crippen LogP contribution in [0.25, 0.3) is 11.2 Å². The van der Waals surface area contributed by atoms with Crippen molar-refractivity contribution in [1.82, 2.24) is 14.5 Å². The van der Waals surface area contributed by atoms with Crippen molar-refractivity contribution in [2.24, 2.45) is 5.92 Å². The van der Waals surface area contributed by atoms with Crippen molar-refractivity contribution in [3.63, 3.8) is 0 Å². The lowest BCUT2D eigenvalue weighted by Gasteiger charge is -2.08. The van der Waals surface area contributed by atoms with Gasteiger partial charge in [-0.25, -0.2) is 0 Å². The molecule has 0 radical (unpaired) electrons. The van der Waals surface area contributed by atoms with Gasteiger partial charge in [-0.15, -0.1) is 0 Å². The van der Waals surface area contributed by atoms with Crippen molar-refractivity contribution >= 4 is 11.2 Å². The second-order valence-electron chi connectivity index (χ2n) is 4.53. The van der Waals surface area contributed by atoms with E-state index in [1.54, 1.807) is 12.1 Å². The number of aromatic amines is 1. The highest BCUT2D eigenvalue weighted by Gasteiger charge is 2.23. The maximum absolute atomic E-state index is 11.9. The van der Waals surface area contributed by atoms with Gasteiger partial charge in [0.2, 0.25) is 5.88 Å². The summed E-state index contributed by atoms with van der Waals surface area (Å²) in [6.07, 6.45) is 2.23. The van der Waals surface area contributed by atoms with E-state index < -0.39 is 11.1 Å². The summed E-state index contributed by atoms with van der Waals surface area (Å²) in [5.41, 5.74) is -0.114. The number of pyridine rings is 1. The number of H-pyrrole nitrogens is 1. The van der Waals surface area contributed by atoms with Crippen LogP contribution in [-0.4, -0.2) is 21.6 Å². The quantitative estimate of drug-likeness (QED) is 0.801. The van der Waals surface area contributed by atoms with Crippen LogP contribution >= 0.6 is 0 Å². The molecule has 2 heterocycles. The fraction of sp³-hybridized carbons (Fsp3) is 0.417. The maximum atomic E-state index is 11.9. The van der Waals surface area contributed by atoms with Crippen LogP contribution in [-0.2, 0) is 6.54 Å². The van der Waals surface area contributed by atoms with Gasteiger partial charge < -0.3 is 14.3 Å². The van der Waals surface area contributed by atoms with Crippen molar-refractivity contribution in [3.05, 3.63) is 32.8 Å². The largest absolute Gasteiger partial charge is 0.481 e. The van der Waals surface area contributed by atoms with Gasteiger partial charge in [0, 0.05) is 12.6 Å². The van der Waals surface area contributed by atoms with E-state index in [0.29, 0.717) is 29.5 Å². The van der Waals surface area contributed by atoms with E-state index in [1.807, 2.05) is 0 Å². The van der Waals surface area contributed by atoms with Gasteiger partial charge in [-0.2, -0.15) is 4.98 Å². The minimum absolute atomic E-state index is 0.389. The van der Waals surface area contributed by atoms with Crippen LogP contribution in [0.2, 0.25) is 0 Å². The third-order valence-electron chi connectivity index (χ3n) is 3.16. The molecule has 1 N–H and O–H groups in total. The van der Waals surface area contributed by atoms with Gasteiger partial charge in [-0.3, -0.25) is 9.59 Å². The average Bonchev–Trinajstić information content (AvgIpc) is 3.18. The Kier molecular flexibility index (Phi) is 2.43. The second kappa shape index (κ2) is 3.97. The van der Waals surface area contributed by atoms with E-state index in [2.05, 4.69) is 9.97 Å². The van der Waals surface area contributed by atoms with Crippen molar-refractivity contribution in [3.8, 4) is 5.88 Å². The average molecular weight is 247 g/mol. The standard InChI is InChI=1S/C12H13N3O3/c1-18-9-5-4-8-10(13-9)14-11(16)12(17)15(8)6-7-2-3-7/h4-5,7H,2-3,6H2,1H3,(H,13,14,16). The van der Waals surface area contributed by atoms with Gasteiger partial charge in [0.25, 0.3) is 0 Å². The third-order valence-corrected chi connectivity index (χ3v) is 3.16. The van der Waals surface area contributed by atoms with Gasteiger partial charge >= 0.3 is 11.1 Å². The molecule has 18 heavy (non-hydrogen) atoms. The van der Waals surface area contributed by atoms with Crippen molar-refractivity contribution in [1.29, 1.82) is 0 Å². The minimum atomic E-state index is -0.635. The zero-order chi connectivity index (χ0) is 12.7. The Labute approximate surface area is 102 Å². The molecule has 6 heteroatoms. The SMILES string of the molecule is COc1ccc2c(n1)[nH]c(=O)c(=O)n2CC1CC1. The van der Waals surface area contributed by atoms with Gasteiger partial charge in [0.1, 0.15) is 0 Å². The van der Waals surface area contributed by atoms with Gasteiger partial charge in [-0.05, 0) is 24.8 Å². The summed E-state index contributed by atoms with van der Waals surface area (Å²) in [6.45, 7) is 0.591. The number of nitrogens with one attached hydrogen (secondary N) is 1. The molecule has 1 saturated carbocycles. The number of aromatic nitrogens is 3. The van der Waals surface area contributed by atoms with Crippen LogP contribution in [0, 0.1) is 5.92 Å². The second-order valence-corrected chi connectivity index (χ2v) is 4.53. The molecule has 0 aliphatic heterocycles. The number of ether oxygens (including phenoxy) is 1. The van der Waals surface area contributed by atoms with Crippen LogP contribution < -0.4 is 15.9 Å². The summed E-state index contributed by atoms with van der Waals surface area (Å²) in [6, 6.07) is 3.43. The Balaban J connectivity index is 2.26. The van der Waals surface area contributed by atoms with Gasteiger partial charge in [-0.1, -0.05) is 0 Å². The molecule has 1 fully saturated rings. The number of methoxy groups -OCH3 is 1. The Morgan fingerprint density at radius 3 is 2.89 bits per heavy atom. The summed E-state index contributed by atoms with van der Waals surface area (Å²) >= 11 is 0. The predicted molar refractivity (Wildman–Crippen MR) is 65.9 cm³/mol. The lowest BCUT2D eigenvalue weighted by molar-refractivity contribution is 0.399. The minimum Gasteiger partial charge on any atom is -0.481 e. The lowest BCUT2D eigenvalue weighted by Crippen LogP contribution is -2.37. The smallest absolute Gasteiger partial charge is 0.316 e. The van der Waals surface area contributed by atoms with E-state index >= 15 is 0 Å². The lowest BCUT2D eigenvalue weighted by atomic mass is 10.3. The summed E-state index contributed by atoms with van der Waals surface area (Å²) in [5, 5.41) is 0. The molecule has 0 aromatic carbocycles. The third kappa shape index (κ3) is 1.79. The van der Waals surface area contributed by atoms with E-state index in [1.165, 1.54) is 11.7 Å². The number of nitrogens with zero attached hydrogens (tertiary/aromatic N) is 2. The Bertz CT molecular complexity index is 713. The first kappa shape index (κ1) is 11.0. The molecule has 0 spiro atoms. The van der Waals surface area contributed by atoms with Crippen LogP contribution in [0.1, 0.15) is 12.8 Å². The molecule has 2 aromatic rings. The normalized spacial score (nSPS) is 14.9. The number of hydrogen-bond donors (Lipinski definition) is 1. The molecule has 0 amide bonds. The molecule has 94 valence electrons. The van der Waals surface area contributed by atoms with Crippen LogP contribution in [0.5, 0.6) is 5.88 Å². The Hall–Kier alpha value is -2.11. The topological polar surface area (TPSA) is 77.0 Å². The molecule has 1 aliphatic carbocycles. The van der Waals surface area contributed by atoms with Crippen LogP contribution in [0.15, 0.2) is 21.7 Å². The highest BCUT2D eigenvalue weighted by atomic mass is 16.5.